The van der Waals surface area contributed by atoms with Crippen LogP contribution in [0, 0.1) is 30.1 Å². The van der Waals surface area contributed by atoms with E-state index < -0.39 is 6.03 Å². The summed E-state index contributed by atoms with van der Waals surface area (Å²) in [7, 11) is 0. The van der Waals surface area contributed by atoms with Crippen LogP contribution in [0.2, 0.25) is 0 Å². The molecule has 2 aromatic heterocycles. The molecule has 21 heavy (non-hydrogen) atoms. The maximum absolute atomic E-state index is 11.4. The van der Waals surface area contributed by atoms with Gasteiger partial charge in [-0.25, -0.2) is 9.78 Å². The smallest absolute Gasteiger partial charge is 0.321 e. The van der Waals surface area contributed by atoms with E-state index in [0.717, 1.165) is 16.1 Å². The average Bonchev–Trinajstić information content (AvgIpc) is 2.84. The zero-order chi connectivity index (χ0) is 15.1. The fraction of sp³-hybridized carbons (Fsp3) is 0.143. The molecule has 2 aromatic rings. The second kappa shape index (κ2) is 7.04. The lowest BCUT2D eigenvalue weighted by molar-refractivity contribution is 0.253. The number of rotatable bonds is 2. The van der Waals surface area contributed by atoms with E-state index >= 15 is 0 Å². The second-order valence-corrected chi connectivity index (χ2v) is 4.88. The van der Waals surface area contributed by atoms with Gasteiger partial charge in [0.15, 0.2) is 5.13 Å². The molecule has 0 fully saturated rings. The Morgan fingerprint density at radius 1 is 1.38 bits per heavy atom. The normalized spacial score (nSPS) is 9.14. The van der Waals surface area contributed by atoms with Crippen molar-refractivity contribution in [3.05, 3.63) is 40.7 Å². The Labute approximate surface area is 125 Å². The number of aryl methyl sites for hydroxylation is 1. The van der Waals surface area contributed by atoms with Gasteiger partial charge in [0.25, 0.3) is 0 Å². The van der Waals surface area contributed by atoms with Gasteiger partial charge < -0.3 is 5.32 Å². The number of pyridine rings is 1. The van der Waals surface area contributed by atoms with Gasteiger partial charge in [-0.3, -0.25) is 10.3 Å². The lowest BCUT2D eigenvalue weighted by atomic mass is 10.2. The van der Waals surface area contributed by atoms with Gasteiger partial charge in [0, 0.05) is 18.0 Å². The molecule has 2 N–H and O–H groups in total. The minimum atomic E-state index is -0.459. The van der Waals surface area contributed by atoms with Crippen LogP contribution in [0.5, 0.6) is 0 Å². The fourth-order valence-electron chi connectivity index (χ4n) is 1.39. The van der Waals surface area contributed by atoms with Crippen LogP contribution in [-0.4, -0.2) is 22.5 Å². The van der Waals surface area contributed by atoms with E-state index in [2.05, 4.69) is 32.4 Å². The van der Waals surface area contributed by atoms with Crippen molar-refractivity contribution in [3.8, 4) is 17.9 Å². The first-order chi connectivity index (χ1) is 10.2. The van der Waals surface area contributed by atoms with Crippen LogP contribution in [0.1, 0.15) is 16.1 Å². The van der Waals surface area contributed by atoms with Gasteiger partial charge in [-0.2, -0.15) is 5.26 Å². The van der Waals surface area contributed by atoms with Crippen LogP contribution in [0.4, 0.5) is 9.93 Å². The summed E-state index contributed by atoms with van der Waals surface area (Å²) in [6, 6.07) is 5.00. The van der Waals surface area contributed by atoms with Crippen molar-refractivity contribution in [3.63, 3.8) is 0 Å². The van der Waals surface area contributed by atoms with Gasteiger partial charge >= 0.3 is 6.03 Å². The van der Waals surface area contributed by atoms with Gasteiger partial charge in [-0.1, -0.05) is 17.3 Å². The molecule has 0 unspecified atom stereocenters. The Bertz CT molecular complexity index is 736. The third kappa shape index (κ3) is 4.30. The maximum atomic E-state index is 11.4. The molecule has 2 amide bonds. The number of hydrogen-bond acceptors (Lipinski definition) is 5. The second-order valence-electron chi connectivity index (χ2n) is 3.89. The molecule has 7 heteroatoms. The molecule has 2 rings (SSSR count). The van der Waals surface area contributed by atoms with E-state index in [0.29, 0.717) is 5.13 Å². The third-order valence-corrected chi connectivity index (χ3v) is 3.33. The predicted octanol–water partition coefficient (Wildman–Crippen LogP) is 1.89. The van der Waals surface area contributed by atoms with Crippen LogP contribution in [0.3, 0.4) is 0 Å². The van der Waals surface area contributed by atoms with Crippen LogP contribution >= 0.6 is 11.3 Å². The van der Waals surface area contributed by atoms with E-state index in [-0.39, 0.29) is 6.54 Å². The number of aromatic nitrogens is 2. The molecule has 2 heterocycles. The van der Waals surface area contributed by atoms with Gasteiger partial charge in [0.05, 0.1) is 11.8 Å². The highest BCUT2D eigenvalue weighted by atomic mass is 32.1. The summed E-state index contributed by atoms with van der Waals surface area (Å²) < 4.78 is 0. The number of nitrogens with one attached hydrogen (secondary N) is 2. The number of amides is 2. The Morgan fingerprint density at radius 3 is 2.86 bits per heavy atom. The number of carbonyl (C=O) groups is 1. The van der Waals surface area contributed by atoms with Crippen molar-refractivity contribution < 1.29 is 4.79 Å². The Balaban J connectivity index is 2.08. The molecular formula is C14H11N5OS. The monoisotopic (exact) mass is 297 g/mol. The highest BCUT2D eigenvalue weighted by Crippen LogP contribution is 2.21. The van der Waals surface area contributed by atoms with E-state index in [1.807, 2.05) is 25.1 Å². The summed E-state index contributed by atoms with van der Waals surface area (Å²) in [4.78, 5) is 20.3. The summed E-state index contributed by atoms with van der Waals surface area (Å²) in [5.74, 6) is 6.03. The number of hydrogen-bond donors (Lipinski definition) is 2. The lowest BCUT2D eigenvalue weighted by Crippen LogP contribution is -2.28. The zero-order valence-electron chi connectivity index (χ0n) is 11.2. The molecule has 0 bridgehead atoms. The molecule has 0 radical (unpaired) electrons. The first-order valence-electron chi connectivity index (χ1n) is 6.00. The summed E-state index contributed by atoms with van der Waals surface area (Å²) in [5, 5.41) is 13.8. The molecule has 0 aromatic carbocycles. The van der Waals surface area contributed by atoms with E-state index in [1.54, 1.807) is 12.4 Å². The van der Waals surface area contributed by atoms with Crippen LogP contribution in [-0.2, 0) is 0 Å². The average molecular weight is 297 g/mol. The molecule has 0 aliphatic rings. The Morgan fingerprint density at radius 2 is 2.14 bits per heavy atom. The van der Waals surface area contributed by atoms with Crippen LogP contribution < -0.4 is 10.6 Å². The van der Waals surface area contributed by atoms with E-state index in [4.69, 9.17) is 5.26 Å². The maximum Gasteiger partial charge on any atom is 0.321 e. The largest absolute Gasteiger partial charge is 0.325 e. The first kappa shape index (κ1) is 14.5. The first-order valence-corrected chi connectivity index (χ1v) is 6.82. The summed E-state index contributed by atoms with van der Waals surface area (Å²) in [6.45, 7) is 1.77. The molecule has 0 spiro atoms. The minimum absolute atomic E-state index is 0.0507. The summed E-state index contributed by atoms with van der Waals surface area (Å²) in [5.41, 5.74) is 1.61. The van der Waals surface area contributed by atoms with Crippen molar-refractivity contribution in [2.24, 2.45) is 0 Å². The molecule has 0 atom stereocenters. The van der Waals surface area contributed by atoms with Crippen molar-refractivity contribution in [1.82, 2.24) is 15.3 Å². The lowest BCUT2D eigenvalue weighted by Gasteiger charge is -1.99. The molecule has 6 nitrogen and oxygen atoms in total. The fourth-order valence-corrected chi connectivity index (χ4v) is 2.21. The van der Waals surface area contributed by atoms with Crippen LogP contribution in [0.15, 0.2) is 24.5 Å². The van der Waals surface area contributed by atoms with Crippen LogP contribution in [0.25, 0.3) is 0 Å². The highest BCUT2D eigenvalue weighted by Gasteiger charge is 2.08. The number of urea groups is 1. The van der Waals surface area contributed by atoms with Crippen molar-refractivity contribution in [1.29, 1.82) is 5.26 Å². The van der Waals surface area contributed by atoms with Gasteiger partial charge in [0.1, 0.15) is 11.4 Å². The third-order valence-electron chi connectivity index (χ3n) is 2.35. The number of anilines is 1. The van der Waals surface area contributed by atoms with E-state index in [9.17, 15) is 4.79 Å². The number of carbonyl (C=O) groups excluding carboxylic acids is 1. The highest BCUT2D eigenvalue weighted by molar-refractivity contribution is 7.16. The van der Waals surface area contributed by atoms with Gasteiger partial charge in [-0.05, 0) is 25.0 Å². The Hall–Kier alpha value is -2.90. The summed E-state index contributed by atoms with van der Waals surface area (Å²) >= 11 is 1.29. The molecule has 104 valence electrons. The molecular weight excluding hydrogens is 286 g/mol. The number of nitrogens with zero attached hydrogens (tertiary/aromatic N) is 3. The summed E-state index contributed by atoms with van der Waals surface area (Å²) in [6.07, 6.45) is 3.35. The quantitative estimate of drug-likeness (QED) is 0.654. The van der Waals surface area contributed by atoms with Crippen molar-refractivity contribution in [2.45, 2.75) is 6.92 Å². The molecule has 0 saturated heterocycles. The zero-order valence-corrected chi connectivity index (χ0v) is 12.0. The number of nitriles is 1. The van der Waals surface area contributed by atoms with Crippen molar-refractivity contribution in [2.75, 3.05) is 11.9 Å². The molecule has 0 aliphatic heterocycles. The van der Waals surface area contributed by atoms with E-state index in [1.165, 1.54) is 11.3 Å². The number of thiazole rings is 1. The van der Waals surface area contributed by atoms with Gasteiger partial charge in [0.2, 0.25) is 0 Å². The van der Waals surface area contributed by atoms with Gasteiger partial charge in [-0.15, -0.1) is 0 Å². The molecule has 0 aliphatic carbocycles. The Kier molecular flexibility index (Phi) is 4.86. The SMILES string of the molecule is Cc1nc(NC(=O)NCC#N)sc1C#Cc1ccncc1. The molecule has 0 saturated carbocycles. The topological polar surface area (TPSA) is 90.7 Å². The standard InChI is InChI=1S/C14H11N5OS/c1-10-12(3-2-11-4-7-16-8-5-11)21-14(18-10)19-13(20)17-9-6-15/h4-5,7-8H,9H2,1H3,(H2,17,18,19,20). The predicted molar refractivity (Wildman–Crippen MR) is 79.7 cm³/mol. The minimum Gasteiger partial charge on any atom is -0.325 e. The van der Waals surface area contributed by atoms with Crippen molar-refractivity contribution >= 4 is 22.5 Å².